The molecule has 0 fully saturated rings. The van der Waals surface area contributed by atoms with Crippen molar-refractivity contribution in [2.75, 3.05) is 0 Å². The number of alkyl halides is 3. The van der Waals surface area contributed by atoms with Gasteiger partial charge in [0.25, 0.3) is 0 Å². The second kappa shape index (κ2) is 5.22. The van der Waals surface area contributed by atoms with Gasteiger partial charge in [-0.25, -0.2) is 0 Å². The van der Waals surface area contributed by atoms with Gasteiger partial charge in [-0.05, 0) is 18.6 Å². The molecule has 0 saturated carbocycles. The van der Waals surface area contributed by atoms with Crippen LogP contribution in [-0.2, 0) is 13.2 Å². The molecule has 5 rings (SSSR count). The molecule has 0 atom stereocenters. The standard InChI is InChI=1S/C22H16F3N2/c1-13-15-7-5-8-17-16-6-3-4-9-18(16)27(21(15)17)20(13)19-12-14(22(23,24)25)10-11-26(19)2/h3-12H,1-2H3/q+1. The third kappa shape index (κ3) is 2.11. The van der Waals surface area contributed by atoms with E-state index in [0.717, 1.165) is 44.5 Å². The highest BCUT2D eigenvalue weighted by Crippen LogP contribution is 2.41. The van der Waals surface area contributed by atoms with E-state index in [4.69, 9.17) is 0 Å². The summed E-state index contributed by atoms with van der Waals surface area (Å²) in [5, 5.41) is 3.29. The Balaban J connectivity index is 1.99. The number of hydrogen-bond donors (Lipinski definition) is 0. The fourth-order valence-corrected chi connectivity index (χ4v) is 4.14. The fourth-order valence-electron chi connectivity index (χ4n) is 4.14. The summed E-state index contributed by atoms with van der Waals surface area (Å²) >= 11 is 0. The highest BCUT2D eigenvalue weighted by Gasteiger charge is 2.34. The van der Waals surface area contributed by atoms with Crippen LogP contribution in [0, 0.1) is 6.92 Å². The molecule has 2 aromatic carbocycles. The van der Waals surface area contributed by atoms with Crippen LogP contribution in [0.1, 0.15) is 11.1 Å². The summed E-state index contributed by atoms with van der Waals surface area (Å²) in [6.07, 6.45) is -2.90. The molecule has 0 saturated heterocycles. The van der Waals surface area contributed by atoms with E-state index in [1.165, 1.54) is 12.3 Å². The lowest BCUT2D eigenvalue weighted by Crippen LogP contribution is -2.32. The van der Waals surface area contributed by atoms with E-state index in [1.807, 2.05) is 37.3 Å². The minimum absolute atomic E-state index is 0.543. The molecule has 134 valence electrons. The average Bonchev–Trinajstić information content (AvgIpc) is 3.12. The molecule has 2 nitrogen and oxygen atoms in total. The molecule has 0 unspecified atom stereocenters. The zero-order valence-electron chi connectivity index (χ0n) is 14.8. The van der Waals surface area contributed by atoms with Crippen LogP contribution in [0.15, 0.2) is 60.8 Å². The summed E-state index contributed by atoms with van der Waals surface area (Å²) in [7, 11) is 1.78. The Morgan fingerprint density at radius 1 is 0.889 bits per heavy atom. The Morgan fingerprint density at radius 2 is 1.59 bits per heavy atom. The molecule has 0 N–H and O–H groups in total. The van der Waals surface area contributed by atoms with E-state index in [0.29, 0.717) is 5.69 Å². The predicted molar refractivity (Wildman–Crippen MR) is 99.9 cm³/mol. The lowest BCUT2D eigenvalue weighted by atomic mass is 10.1. The number of para-hydroxylation sites is 2. The first kappa shape index (κ1) is 16.1. The molecule has 0 aliphatic heterocycles. The Kier molecular flexibility index (Phi) is 3.12. The Hall–Kier alpha value is -3.08. The van der Waals surface area contributed by atoms with Gasteiger partial charge in [-0.1, -0.05) is 36.4 Å². The van der Waals surface area contributed by atoms with Crippen LogP contribution in [0.5, 0.6) is 0 Å². The third-order valence-corrected chi connectivity index (χ3v) is 5.40. The van der Waals surface area contributed by atoms with E-state index in [9.17, 15) is 13.2 Å². The van der Waals surface area contributed by atoms with Gasteiger partial charge in [0.05, 0.1) is 16.6 Å². The van der Waals surface area contributed by atoms with Gasteiger partial charge in [-0.3, -0.25) is 0 Å². The third-order valence-electron chi connectivity index (χ3n) is 5.40. The maximum absolute atomic E-state index is 13.3. The molecule has 0 aliphatic carbocycles. The lowest BCUT2D eigenvalue weighted by molar-refractivity contribution is -0.660. The zero-order chi connectivity index (χ0) is 18.9. The summed E-state index contributed by atoms with van der Waals surface area (Å²) in [5.74, 6) is 0. The number of halogens is 3. The topological polar surface area (TPSA) is 8.29 Å². The van der Waals surface area contributed by atoms with Crippen molar-refractivity contribution in [3.8, 4) is 11.4 Å². The van der Waals surface area contributed by atoms with Crippen LogP contribution in [0.3, 0.4) is 0 Å². The van der Waals surface area contributed by atoms with Crippen molar-refractivity contribution in [3.05, 3.63) is 71.9 Å². The maximum Gasteiger partial charge on any atom is 0.416 e. The highest BCUT2D eigenvalue weighted by atomic mass is 19.4. The van der Waals surface area contributed by atoms with Crippen molar-refractivity contribution in [3.63, 3.8) is 0 Å². The van der Waals surface area contributed by atoms with Crippen LogP contribution in [0.25, 0.3) is 38.6 Å². The number of rotatable bonds is 1. The Labute approximate surface area is 153 Å². The van der Waals surface area contributed by atoms with Crippen LogP contribution < -0.4 is 4.57 Å². The fraction of sp³-hybridized carbons (Fsp3) is 0.136. The molecule has 0 bridgehead atoms. The van der Waals surface area contributed by atoms with Crippen LogP contribution in [-0.4, -0.2) is 4.40 Å². The average molecular weight is 365 g/mol. The number of hydrogen-bond acceptors (Lipinski definition) is 0. The van der Waals surface area contributed by atoms with Crippen molar-refractivity contribution in [2.45, 2.75) is 13.1 Å². The largest absolute Gasteiger partial charge is 0.416 e. The predicted octanol–water partition coefficient (Wildman–Crippen LogP) is 5.50. The molecular formula is C22H16F3N2+. The van der Waals surface area contributed by atoms with E-state index in [2.05, 4.69) is 16.5 Å². The minimum Gasteiger partial charge on any atom is -0.303 e. The normalized spacial score (nSPS) is 12.6. The molecule has 0 amide bonds. The first-order valence-electron chi connectivity index (χ1n) is 8.69. The monoisotopic (exact) mass is 365 g/mol. The second-order valence-corrected chi connectivity index (χ2v) is 6.94. The van der Waals surface area contributed by atoms with Crippen LogP contribution in [0.4, 0.5) is 13.2 Å². The lowest BCUT2D eigenvalue weighted by Gasteiger charge is -2.08. The molecule has 0 spiro atoms. The Morgan fingerprint density at radius 3 is 2.37 bits per heavy atom. The Bertz CT molecular complexity index is 1330. The van der Waals surface area contributed by atoms with E-state index < -0.39 is 11.7 Å². The van der Waals surface area contributed by atoms with Gasteiger partial charge in [0.1, 0.15) is 12.7 Å². The first-order valence-corrected chi connectivity index (χ1v) is 8.69. The summed E-state index contributed by atoms with van der Waals surface area (Å²) in [6.45, 7) is 1.98. The quantitative estimate of drug-likeness (QED) is 0.347. The number of aryl methyl sites for hydroxylation is 2. The smallest absolute Gasteiger partial charge is 0.303 e. The number of fused-ring (bicyclic) bond motifs is 3. The first-order chi connectivity index (χ1) is 12.9. The van der Waals surface area contributed by atoms with Gasteiger partial charge in [-0.15, -0.1) is 0 Å². The van der Waals surface area contributed by atoms with Crippen molar-refractivity contribution in [1.29, 1.82) is 0 Å². The van der Waals surface area contributed by atoms with Crippen LogP contribution >= 0.6 is 0 Å². The maximum atomic E-state index is 13.3. The van der Waals surface area contributed by atoms with Crippen molar-refractivity contribution in [2.24, 2.45) is 7.05 Å². The number of benzene rings is 2. The van der Waals surface area contributed by atoms with Crippen LogP contribution in [0.2, 0.25) is 0 Å². The van der Waals surface area contributed by atoms with Gasteiger partial charge >= 0.3 is 6.18 Å². The molecule has 3 aromatic heterocycles. The van der Waals surface area contributed by atoms with E-state index in [-0.39, 0.29) is 0 Å². The molecule has 0 radical (unpaired) electrons. The number of pyridine rings is 1. The molecular weight excluding hydrogens is 349 g/mol. The molecule has 5 aromatic rings. The summed E-state index contributed by atoms with van der Waals surface area (Å²) in [6, 6.07) is 16.5. The number of aromatic nitrogens is 2. The molecule has 27 heavy (non-hydrogen) atoms. The van der Waals surface area contributed by atoms with Crippen molar-refractivity contribution >= 4 is 27.2 Å². The van der Waals surface area contributed by atoms with Gasteiger partial charge in [0.15, 0.2) is 6.20 Å². The minimum atomic E-state index is -4.38. The summed E-state index contributed by atoms with van der Waals surface area (Å²) in [5.41, 5.74) is 3.75. The molecule has 3 heterocycles. The number of nitrogens with zero attached hydrogens (tertiary/aromatic N) is 2. The molecule has 0 aliphatic rings. The molecule has 5 heteroatoms. The van der Waals surface area contributed by atoms with Crippen molar-refractivity contribution in [1.82, 2.24) is 4.40 Å². The highest BCUT2D eigenvalue weighted by molar-refractivity contribution is 6.17. The zero-order valence-corrected chi connectivity index (χ0v) is 14.8. The summed E-state index contributed by atoms with van der Waals surface area (Å²) < 4.78 is 43.9. The van der Waals surface area contributed by atoms with Gasteiger partial charge in [0, 0.05) is 28.3 Å². The van der Waals surface area contributed by atoms with Gasteiger partial charge < -0.3 is 4.40 Å². The van der Waals surface area contributed by atoms with Gasteiger partial charge in [0.2, 0.25) is 5.69 Å². The second-order valence-electron chi connectivity index (χ2n) is 6.94. The summed E-state index contributed by atoms with van der Waals surface area (Å²) in [4.78, 5) is 0. The van der Waals surface area contributed by atoms with Gasteiger partial charge in [-0.2, -0.15) is 17.7 Å². The van der Waals surface area contributed by atoms with E-state index >= 15 is 0 Å². The SMILES string of the molecule is Cc1c(-c2cc(C(F)(F)F)cc[n+]2C)n2c3ccccc3c3cccc1c32. The van der Waals surface area contributed by atoms with E-state index in [1.54, 1.807) is 11.6 Å². The van der Waals surface area contributed by atoms with Crippen molar-refractivity contribution < 1.29 is 17.7 Å².